The van der Waals surface area contributed by atoms with Crippen molar-refractivity contribution in [1.82, 2.24) is 10.3 Å². The predicted octanol–water partition coefficient (Wildman–Crippen LogP) is 4.13. The largest absolute Gasteiger partial charge is 0.417 e. The number of hydrogen-bond donors (Lipinski definition) is 2. The maximum atomic E-state index is 11.2. The van der Waals surface area contributed by atoms with Gasteiger partial charge in [0.2, 0.25) is 0 Å². The lowest BCUT2D eigenvalue weighted by Crippen LogP contribution is -2.20. The zero-order valence-corrected chi connectivity index (χ0v) is 13.1. The smallest absolute Gasteiger partial charge is 0.408 e. The molecule has 1 aromatic carbocycles. The minimum Gasteiger partial charge on any atom is -0.408 e. The van der Waals surface area contributed by atoms with E-state index in [-0.39, 0.29) is 5.76 Å². The van der Waals surface area contributed by atoms with Crippen LogP contribution in [0.25, 0.3) is 11.1 Å². The van der Waals surface area contributed by atoms with E-state index in [1.54, 1.807) is 0 Å². The maximum absolute atomic E-state index is 11.2. The van der Waals surface area contributed by atoms with Crippen LogP contribution in [0.1, 0.15) is 64.0 Å². The van der Waals surface area contributed by atoms with Gasteiger partial charge in [0, 0.05) is 6.04 Å². The number of H-pyrrole nitrogens is 1. The van der Waals surface area contributed by atoms with Gasteiger partial charge in [0.1, 0.15) is 0 Å². The average Bonchev–Trinajstić information content (AvgIpc) is 2.85. The highest BCUT2D eigenvalue weighted by molar-refractivity contribution is 5.72. The first-order valence-corrected chi connectivity index (χ1v) is 8.10. The van der Waals surface area contributed by atoms with Crippen molar-refractivity contribution in [3.05, 3.63) is 34.3 Å². The summed E-state index contributed by atoms with van der Waals surface area (Å²) in [5.41, 5.74) is 2.61. The molecule has 2 rings (SSSR count). The Labute approximate surface area is 125 Å². The van der Waals surface area contributed by atoms with Crippen molar-refractivity contribution in [2.75, 3.05) is 6.54 Å². The van der Waals surface area contributed by atoms with Gasteiger partial charge in [0.05, 0.1) is 5.52 Å². The van der Waals surface area contributed by atoms with Crippen molar-refractivity contribution in [3.8, 4) is 0 Å². The van der Waals surface area contributed by atoms with Gasteiger partial charge in [-0.3, -0.25) is 4.98 Å². The number of benzene rings is 1. The Balaban J connectivity index is 2.02. The molecule has 2 N–H and O–H groups in total. The van der Waals surface area contributed by atoms with E-state index in [0.717, 1.165) is 18.5 Å². The van der Waals surface area contributed by atoms with Gasteiger partial charge in [-0.2, -0.15) is 0 Å². The Morgan fingerprint density at radius 3 is 2.76 bits per heavy atom. The first-order chi connectivity index (χ1) is 10.2. The minimum atomic E-state index is -0.387. The average molecular weight is 290 g/mol. The van der Waals surface area contributed by atoms with Crippen molar-refractivity contribution >= 4 is 11.1 Å². The number of unbranched alkanes of at least 4 members (excludes halogenated alkanes) is 4. The molecular weight excluding hydrogens is 264 g/mol. The third kappa shape index (κ3) is 4.46. The summed E-state index contributed by atoms with van der Waals surface area (Å²) >= 11 is 0. The van der Waals surface area contributed by atoms with Crippen LogP contribution in [0, 0.1) is 0 Å². The van der Waals surface area contributed by atoms with Crippen molar-refractivity contribution < 1.29 is 4.42 Å². The van der Waals surface area contributed by atoms with Crippen molar-refractivity contribution in [3.63, 3.8) is 0 Å². The molecule has 4 heteroatoms. The van der Waals surface area contributed by atoms with Crippen molar-refractivity contribution in [2.45, 2.75) is 58.4 Å². The Kier molecular flexibility index (Phi) is 6.05. The SMILES string of the molecule is CCCCCCCC(NCC)c1ccc2[nH]c(=O)oc2c1. The van der Waals surface area contributed by atoms with E-state index in [0.29, 0.717) is 11.6 Å². The van der Waals surface area contributed by atoms with Crippen LogP contribution < -0.4 is 11.1 Å². The standard InChI is InChI=1S/C17H26N2O2/c1-3-5-6-7-8-9-14(18-4-2)13-10-11-15-16(12-13)21-17(20)19-15/h10-12,14,18H,3-9H2,1-2H3,(H,19,20). The fourth-order valence-corrected chi connectivity index (χ4v) is 2.76. The van der Waals surface area contributed by atoms with E-state index in [1.165, 1.54) is 37.7 Å². The molecule has 4 nitrogen and oxygen atoms in total. The molecule has 0 radical (unpaired) electrons. The fourth-order valence-electron chi connectivity index (χ4n) is 2.76. The molecule has 1 heterocycles. The molecule has 1 unspecified atom stereocenters. The lowest BCUT2D eigenvalue weighted by molar-refractivity contribution is 0.478. The quantitative estimate of drug-likeness (QED) is 0.683. The van der Waals surface area contributed by atoms with Gasteiger partial charge in [0.25, 0.3) is 0 Å². The second-order valence-electron chi connectivity index (χ2n) is 5.58. The summed E-state index contributed by atoms with van der Waals surface area (Å²) in [4.78, 5) is 13.9. The summed E-state index contributed by atoms with van der Waals surface area (Å²) in [5, 5.41) is 3.53. The second-order valence-corrected chi connectivity index (χ2v) is 5.58. The predicted molar refractivity (Wildman–Crippen MR) is 86.6 cm³/mol. The van der Waals surface area contributed by atoms with E-state index in [1.807, 2.05) is 12.1 Å². The van der Waals surface area contributed by atoms with Gasteiger partial charge in [-0.1, -0.05) is 52.0 Å². The van der Waals surface area contributed by atoms with E-state index in [4.69, 9.17) is 4.42 Å². The molecule has 0 aliphatic heterocycles. The Hall–Kier alpha value is -1.55. The Bertz CT molecular complexity index is 600. The van der Waals surface area contributed by atoms with E-state index in [9.17, 15) is 4.79 Å². The van der Waals surface area contributed by atoms with E-state index in [2.05, 4.69) is 30.2 Å². The molecule has 21 heavy (non-hydrogen) atoms. The molecule has 0 saturated carbocycles. The molecule has 1 aromatic heterocycles. The minimum absolute atomic E-state index is 0.334. The number of aromatic amines is 1. The van der Waals surface area contributed by atoms with Gasteiger partial charge >= 0.3 is 5.76 Å². The summed E-state index contributed by atoms with van der Waals surface area (Å²) in [6.45, 7) is 5.30. The zero-order chi connectivity index (χ0) is 15.1. The molecule has 0 spiro atoms. The van der Waals surface area contributed by atoms with Crippen LogP contribution in [0.2, 0.25) is 0 Å². The lowest BCUT2D eigenvalue weighted by atomic mass is 9.99. The van der Waals surface area contributed by atoms with Gasteiger partial charge in [-0.25, -0.2) is 4.79 Å². The molecular formula is C17H26N2O2. The van der Waals surface area contributed by atoms with Crippen molar-refractivity contribution in [1.29, 1.82) is 0 Å². The molecule has 0 aliphatic rings. The Morgan fingerprint density at radius 2 is 2.00 bits per heavy atom. The summed E-state index contributed by atoms with van der Waals surface area (Å²) in [7, 11) is 0. The van der Waals surface area contributed by atoms with Crippen LogP contribution in [-0.2, 0) is 0 Å². The summed E-state index contributed by atoms with van der Waals surface area (Å²) in [6, 6.07) is 6.32. The zero-order valence-electron chi connectivity index (χ0n) is 13.1. The molecule has 116 valence electrons. The van der Waals surface area contributed by atoms with Gasteiger partial charge in [0.15, 0.2) is 5.58 Å². The summed E-state index contributed by atoms with van der Waals surface area (Å²) in [6.07, 6.45) is 7.56. The van der Waals surface area contributed by atoms with Gasteiger partial charge in [-0.05, 0) is 30.7 Å². The third-order valence-corrected chi connectivity index (χ3v) is 3.89. The molecule has 2 aromatic rings. The number of aromatic nitrogens is 1. The maximum Gasteiger partial charge on any atom is 0.417 e. The first-order valence-electron chi connectivity index (χ1n) is 8.10. The lowest BCUT2D eigenvalue weighted by Gasteiger charge is -2.18. The summed E-state index contributed by atoms with van der Waals surface area (Å²) in [5.74, 6) is -0.387. The molecule has 0 amide bonds. The second kappa shape index (κ2) is 8.03. The molecule has 0 fully saturated rings. The number of nitrogens with one attached hydrogen (secondary N) is 2. The van der Waals surface area contributed by atoms with Gasteiger partial charge in [-0.15, -0.1) is 0 Å². The van der Waals surface area contributed by atoms with Crippen LogP contribution in [0.3, 0.4) is 0 Å². The molecule has 0 bridgehead atoms. The first kappa shape index (κ1) is 15.8. The molecule has 0 saturated heterocycles. The van der Waals surface area contributed by atoms with Crippen LogP contribution in [0.15, 0.2) is 27.4 Å². The van der Waals surface area contributed by atoms with Crippen molar-refractivity contribution in [2.24, 2.45) is 0 Å². The fraction of sp³-hybridized carbons (Fsp3) is 0.588. The topological polar surface area (TPSA) is 58.0 Å². The third-order valence-electron chi connectivity index (χ3n) is 3.89. The monoisotopic (exact) mass is 290 g/mol. The van der Waals surface area contributed by atoms with E-state index >= 15 is 0 Å². The Morgan fingerprint density at radius 1 is 1.19 bits per heavy atom. The highest BCUT2D eigenvalue weighted by Crippen LogP contribution is 2.23. The normalized spacial score (nSPS) is 12.9. The van der Waals surface area contributed by atoms with Gasteiger partial charge < -0.3 is 9.73 Å². The highest BCUT2D eigenvalue weighted by atomic mass is 16.4. The number of hydrogen-bond acceptors (Lipinski definition) is 3. The number of oxazole rings is 1. The van der Waals surface area contributed by atoms with Crippen LogP contribution in [0.4, 0.5) is 0 Å². The molecule has 0 aliphatic carbocycles. The molecule has 1 atom stereocenters. The number of rotatable bonds is 9. The summed E-state index contributed by atoms with van der Waals surface area (Å²) < 4.78 is 5.16. The van der Waals surface area contributed by atoms with Crippen LogP contribution in [-0.4, -0.2) is 11.5 Å². The van der Waals surface area contributed by atoms with Crippen LogP contribution >= 0.6 is 0 Å². The highest BCUT2D eigenvalue weighted by Gasteiger charge is 2.12. The van der Waals surface area contributed by atoms with Crippen LogP contribution in [0.5, 0.6) is 0 Å². The number of fused-ring (bicyclic) bond motifs is 1. The van der Waals surface area contributed by atoms with E-state index < -0.39 is 0 Å².